The summed E-state index contributed by atoms with van der Waals surface area (Å²) in [4.78, 5) is 0. The van der Waals surface area contributed by atoms with Gasteiger partial charge in [0, 0.05) is 17.8 Å². The maximum atomic E-state index is 13.6. The van der Waals surface area contributed by atoms with Crippen LogP contribution in [0.5, 0.6) is 5.75 Å². The molecule has 0 unspecified atom stereocenters. The number of hydrogen-bond acceptors (Lipinski definition) is 2. The second-order valence-electron chi connectivity index (χ2n) is 3.64. The minimum atomic E-state index is -0.257. The molecule has 0 radical (unpaired) electrons. The summed E-state index contributed by atoms with van der Waals surface area (Å²) in [6.45, 7) is 0.403. The van der Waals surface area contributed by atoms with E-state index in [0.29, 0.717) is 17.9 Å². The molecule has 2 aromatic carbocycles. The molecular weight excluding hydrogens is 217 g/mol. The molecule has 0 saturated carbocycles. The van der Waals surface area contributed by atoms with E-state index in [1.807, 2.05) is 30.3 Å². The van der Waals surface area contributed by atoms with Crippen molar-refractivity contribution >= 4 is 5.69 Å². The number of methoxy groups -OCH3 is 1. The summed E-state index contributed by atoms with van der Waals surface area (Å²) in [6.07, 6.45) is 0. The van der Waals surface area contributed by atoms with Gasteiger partial charge >= 0.3 is 0 Å². The zero-order valence-corrected chi connectivity index (χ0v) is 9.61. The van der Waals surface area contributed by atoms with E-state index in [1.165, 1.54) is 6.07 Å². The summed E-state index contributed by atoms with van der Waals surface area (Å²) in [5.41, 5.74) is 1.50. The van der Waals surface area contributed by atoms with Crippen molar-refractivity contribution in [2.45, 2.75) is 6.54 Å². The van der Waals surface area contributed by atoms with Gasteiger partial charge in [0.15, 0.2) is 0 Å². The van der Waals surface area contributed by atoms with Crippen LogP contribution in [0, 0.1) is 5.82 Å². The lowest BCUT2D eigenvalue weighted by molar-refractivity contribution is 0.405. The molecule has 0 aliphatic rings. The summed E-state index contributed by atoms with van der Waals surface area (Å²) in [5.74, 6) is 0.307. The average Bonchev–Trinajstić information content (AvgIpc) is 2.38. The first-order chi connectivity index (χ1) is 8.31. The number of anilines is 1. The third-order valence-corrected chi connectivity index (χ3v) is 2.54. The van der Waals surface area contributed by atoms with Crippen LogP contribution in [0.4, 0.5) is 10.1 Å². The number of rotatable bonds is 4. The Balaban J connectivity index is 2.14. The monoisotopic (exact) mass is 231 g/mol. The predicted molar refractivity (Wildman–Crippen MR) is 66.7 cm³/mol. The van der Waals surface area contributed by atoms with Crippen molar-refractivity contribution in [1.82, 2.24) is 0 Å². The lowest BCUT2D eigenvalue weighted by atomic mass is 10.2. The predicted octanol–water partition coefficient (Wildman–Crippen LogP) is 3.45. The molecule has 0 amide bonds. The van der Waals surface area contributed by atoms with Crippen molar-refractivity contribution in [3.05, 3.63) is 59.9 Å². The highest BCUT2D eigenvalue weighted by molar-refractivity contribution is 5.45. The van der Waals surface area contributed by atoms with Gasteiger partial charge in [0.2, 0.25) is 0 Å². The van der Waals surface area contributed by atoms with Crippen molar-refractivity contribution < 1.29 is 9.13 Å². The first kappa shape index (κ1) is 11.5. The van der Waals surface area contributed by atoms with Crippen molar-refractivity contribution in [1.29, 1.82) is 0 Å². The summed E-state index contributed by atoms with van der Waals surface area (Å²) in [7, 11) is 1.54. The van der Waals surface area contributed by atoms with Gasteiger partial charge in [0.05, 0.1) is 7.11 Å². The number of nitrogens with one attached hydrogen (secondary N) is 1. The molecule has 0 heterocycles. The molecule has 0 spiro atoms. The normalized spacial score (nSPS) is 10.0. The lowest BCUT2D eigenvalue weighted by Crippen LogP contribution is -2.04. The Labute approximate surface area is 100 Å². The zero-order chi connectivity index (χ0) is 12.1. The fraction of sp³-hybridized carbons (Fsp3) is 0.143. The van der Waals surface area contributed by atoms with E-state index in [9.17, 15) is 4.39 Å². The number of halogens is 1. The van der Waals surface area contributed by atoms with E-state index in [0.717, 1.165) is 5.69 Å². The van der Waals surface area contributed by atoms with Crippen LogP contribution in [-0.4, -0.2) is 7.11 Å². The van der Waals surface area contributed by atoms with Gasteiger partial charge in [0.1, 0.15) is 11.6 Å². The van der Waals surface area contributed by atoms with E-state index in [4.69, 9.17) is 4.74 Å². The van der Waals surface area contributed by atoms with Crippen LogP contribution >= 0.6 is 0 Å². The molecule has 88 valence electrons. The second-order valence-corrected chi connectivity index (χ2v) is 3.64. The van der Waals surface area contributed by atoms with E-state index in [2.05, 4.69) is 5.32 Å². The van der Waals surface area contributed by atoms with Gasteiger partial charge in [0.25, 0.3) is 0 Å². The second kappa shape index (κ2) is 5.34. The van der Waals surface area contributed by atoms with Gasteiger partial charge in [-0.1, -0.05) is 24.3 Å². The highest BCUT2D eigenvalue weighted by Gasteiger charge is 2.08. The minimum Gasteiger partial charge on any atom is -0.496 e. The van der Waals surface area contributed by atoms with Gasteiger partial charge < -0.3 is 10.1 Å². The number of hydrogen-bond donors (Lipinski definition) is 1. The van der Waals surface area contributed by atoms with Crippen LogP contribution < -0.4 is 10.1 Å². The van der Waals surface area contributed by atoms with Gasteiger partial charge in [-0.3, -0.25) is 0 Å². The largest absolute Gasteiger partial charge is 0.496 e. The number of para-hydroxylation sites is 1. The van der Waals surface area contributed by atoms with Gasteiger partial charge in [-0.25, -0.2) is 4.39 Å². The fourth-order valence-electron chi connectivity index (χ4n) is 1.65. The fourth-order valence-corrected chi connectivity index (χ4v) is 1.65. The third kappa shape index (κ3) is 2.75. The molecule has 0 aromatic heterocycles. The van der Waals surface area contributed by atoms with Crippen LogP contribution in [0.15, 0.2) is 48.5 Å². The molecule has 17 heavy (non-hydrogen) atoms. The summed E-state index contributed by atoms with van der Waals surface area (Å²) < 4.78 is 18.8. The first-order valence-corrected chi connectivity index (χ1v) is 5.41. The topological polar surface area (TPSA) is 21.3 Å². The Morgan fingerprint density at radius 2 is 1.82 bits per heavy atom. The molecule has 3 heteroatoms. The van der Waals surface area contributed by atoms with Crippen LogP contribution in [-0.2, 0) is 6.54 Å². The van der Waals surface area contributed by atoms with Crippen molar-refractivity contribution in [2.24, 2.45) is 0 Å². The molecule has 0 atom stereocenters. The summed E-state index contributed by atoms with van der Waals surface area (Å²) in [5, 5.41) is 3.16. The summed E-state index contributed by atoms with van der Waals surface area (Å²) in [6, 6.07) is 14.5. The van der Waals surface area contributed by atoms with Crippen LogP contribution in [0.3, 0.4) is 0 Å². The molecule has 2 rings (SSSR count). The summed E-state index contributed by atoms with van der Waals surface area (Å²) >= 11 is 0. The minimum absolute atomic E-state index is 0.257. The molecule has 0 fully saturated rings. The Hall–Kier alpha value is -2.03. The number of benzene rings is 2. The van der Waals surface area contributed by atoms with Crippen molar-refractivity contribution in [3.63, 3.8) is 0 Å². The van der Waals surface area contributed by atoms with Crippen LogP contribution in [0.2, 0.25) is 0 Å². The smallest absolute Gasteiger partial charge is 0.131 e. The highest BCUT2D eigenvalue weighted by Crippen LogP contribution is 2.22. The first-order valence-electron chi connectivity index (χ1n) is 5.41. The third-order valence-electron chi connectivity index (χ3n) is 2.54. The maximum absolute atomic E-state index is 13.6. The Kier molecular flexibility index (Phi) is 3.60. The molecule has 2 nitrogen and oxygen atoms in total. The quantitative estimate of drug-likeness (QED) is 0.870. The molecule has 2 aromatic rings. The van der Waals surface area contributed by atoms with E-state index in [1.54, 1.807) is 19.2 Å². The molecule has 0 aliphatic heterocycles. The maximum Gasteiger partial charge on any atom is 0.131 e. The Bertz CT molecular complexity index is 485. The molecule has 0 bridgehead atoms. The van der Waals surface area contributed by atoms with Crippen LogP contribution in [0.25, 0.3) is 0 Å². The van der Waals surface area contributed by atoms with Crippen molar-refractivity contribution in [2.75, 3.05) is 12.4 Å². The molecule has 0 saturated heterocycles. The molecule has 0 aliphatic carbocycles. The van der Waals surface area contributed by atoms with Gasteiger partial charge in [-0.05, 0) is 24.3 Å². The Morgan fingerprint density at radius 1 is 1.06 bits per heavy atom. The molecular formula is C14H14FNO. The van der Waals surface area contributed by atoms with Gasteiger partial charge in [-0.2, -0.15) is 0 Å². The average molecular weight is 231 g/mol. The SMILES string of the molecule is COc1cccc(F)c1CNc1ccccc1. The van der Waals surface area contributed by atoms with E-state index < -0.39 is 0 Å². The Morgan fingerprint density at radius 3 is 2.53 bits per heavy atom. The van der Waals surface area contributed by atoms with E-state index >= 15 is 0 Å². The van der Waals surface area contributed by atoms with E-state index in [-0.39, 0.29) is 5.82 Å². The highest BCUT2D eigenvalue weighted by atomic mass is 19.1. The standard InChI is InChI=1S/C14H14FNO/c1-17-14-9-5-8-13(15)12(14)10-16-11-6-3-2-4-7-11/h2-9,16H,10H2,1H3. The number of ether oxygens (including phenoxy) is 1. The molecule has 1 N–H and O–H groups in total. The van der Waals surface area contributed by atoms with Gasteiger partial charge in [-0.15, -0.1) is 0 Å². The lowest BCUT2D eigenvalue weighted by Gasteiger charge is -2.11. The zero-order valence-electron chi connectivity index (χ0n) is 9.61. The van der Waals surface area contributed by atoms with Crippen molar-refractivity contribution in [3.8, 4) is 5.75 Å². The van der Waals surface area contributed by atoms with Crippen LogP contribution in [0.1, 0.15) is 5.56 Å².